The predicted molar refractivity (Wildman–Crippen MR) is 111 cm³/mol. The minimum Gasteiger partial charge on any atom is -0.337 e. The van der Waals surface area contributed by atoms with Crippen molar-refractivity contribution in [1.82, 2.24) is 18.8 Å². The number of nitrogens with zero attached hydrogens (tertiary/aromatic N) is 4. The van der Waals surface area contributed by atoms with Gasteiger partial charge < -0.3 is 9.47 Å². The quantitative estimate of drug-likeness (QED) is 0.662. The number of carbonyl (C=O) groups is 1. The lowest BCUT2D eigenvalue weighted by Crippen LogP contribution is -2.37. The van der Waals surface area contributed by atoms with E-state index in [1.165, 1.54) is 10.5 Å². The molecule has 0 spiro atoms. The Bertz CT molecular complexity index is 1150. The molecule has 0 unspecified atom stereocenters. The van der Waals surface area contributed by atoms with Crippen LogP contribution in [0.1, 0.15) is 22.6 Å². The normalized spacial score (nSPS) is 16.1. The first-order chi connectivity index (χ1) is 13.9. The van der Waals surface area contributed by atoms with Crippen LogP contribution in [0.2, 0.25) is 0 Å². The zero-order valence-corrected chi connectivity index (χ0v) is 17.4. The monoisotopic (exact) mass is 412 g/mol. The van der Waals surface area contributed by atoms with Gasteiger partial charge in [-0.2, -0.15) is 4.31 Å². The maximum absolute atomic E-state index is 13.0. The number of rotatable bonds is 3. The van der Waals surface area contributed by atoms with E-state index in [1.807, 2.05) is 42.5 Å². The smallest absolute Gasteiger partial charge is 0.262 e. The van der Waals surface area contributed by atoms with Crippen LogP contribution in [-0.2, 0) is 17.1 Å². The molecule has 0 atom stereocenters. The summed E-state index contributed by atoms with van der Waals surface area (Å²) in [7, 11) is -1.89. The summed E-state index contributed by atoms with van der Waals surface area (Å²) >= 11 is 0. The number of aromatic nitrogens is 2. The third-order valence-corrected chi connectivity index (χ3v) is 7.20. The Morgan fingerprint density at radius 1 is 1.00 bits per heavy atom. The van der Waals surface area contributed by atoms with Gasteiger partial charge in [0, 0.05) is 45.0 Å². The van der Waals surface area contributed by atoms with Gasteiger partial charge in [0.05, 0.1) is 0 Å². The lowest BCUT2D eigenvalue weighted by Gasteiger charge is -2.21. The van der Waals surface area contributed by atoms with Crippen LogP contribution in [0.25, 0.3) is 10.8 Å². The molecule has 0 saturated carbocycles. The first kappa shape index (κ1) is 19.6. The Hall–Kier alpha value is -2.71. The standard InChI is InChI=1S/C21H24N4O3S/c1-16-22-20(15-23(16)2)29(27,28)25-11-5-10-24(12-13-25)21(26)19-9-8-17-6-3-4-7-18(17)14-19/h3-4,6-9,14-15H,5,10-13H2,1-2H3. The Balaban J connectivity index is 1.51. The maximum Gasteiger partial charge on any atom is 0.262 e. The average molecular weight is 413 g/mol. The summed E-state index contributed by atoms with van der Waals surface area (Å²) in [5, 5.41) is 2.16. The number of benzene rings is 2. The van der Waals surface area contributed by atoms with E-state index in [2.05, 4.69) is 4.98 Å². The van der Waals surface area contributed by atoms with Gasteiger partial charge in [-0.15, -0.1) is 0 Å². The van der Waals surface area contributed by atoms with Crippen molar-refractivity contribution in [2.75, 3.05) is 26.2 Å². The number of imidazole rings is 1. The Morgan fingerprint density at radius 2 is 1.76 bits per heavy atom. The van der Waals surface area contributed by atoms with Gasteiger partial charge >= 0.3 is 0 Å². The zero-order chi connectivity index (χ0) is 20.6. The highest BCUT2D eigenvalue weighted by atomic mass is 32.2. The molecule has 1 saturated heterocycles. The van der Waals surface area contributed by atoms with E-state index in [1.54, 1.807) is 23.4 Å². The number of hydrogen-bond donors (Lipinski definition) is 0. The molecule has 1 aliphatic heterocycles. The van der Waals surface area contributed by atoms with Gasteiger partial charge in [0.15, 0.2) is 5.03 Å². The molecule has 0 radical (unpaired) electrons. The van der Waals surface area contributed by atoms with Crippen LogP contribution in [0, 0.1) is 6.92 Å². The molecule has 1 fully saturated rings. The van der Waals surface area contributed by atoms with E-state index in [0.717, 1.165) is 10.8 Å². The fraction of sp³-hybridized carbons (Fsp3) is 0.333. The van der Waals surface area contributed by atoms with Crippen molar-refractivity contribution in [2.24, 2.45) is 7.05 Å². The molecule has 2 heterocycles. The fourth-order valence-electron chi connectivity index (χ4n) is 3.62. The van der Waals surface area contributed by atoms with Crippen LogP contribution >= 0.6 is 0 Å². The molecule has 1 aromatic heterocycles. The summed E-state index contributed by atoms with van der Waals surface area (Å²) in [5.74, 6) is 0.579. The molecule has 0 bridgehead atoms. The molecule has 152 valence electrons. The SMILES string of the molecule is Cc1nc(S(=O)(=O)N2CCCN(C(=O)c3ccc4ccccc4c3)CC2)cn1C. The van der Waals surface area contributed by atoms with Crippen LogP contribution in [0.3, 0.4) is 0 Å². The van der Waals surface area contributed by atoms with Crippen LogP contribution in [0.15, 0.2) is 53.7 Å². The molecule has 8 heteroatoms. The lowest BCUT2D eigenvalue weighted by atomic mass is 10.1. The Labute approximate surface area is 170 Å². The van der Waals surface area contributed by atoms with Crippen molar-refractivity contribution in [3.63, 3.8) is 0 Å². The number of fused-ring (bicyclic) bond motifs is 1. The molecule has 3 aromatic rings. The number of amides is 1. The summed E-state index contributed by atoms with van der Waals surface area (Å²) in [6.07, 6.45) is 2.12. The van der Waals surface area contributed by atoms with Gasteiger partial charge in [0.25, 0.3) is 15.9 Å². The molecule has 29 heavy (non-hydrogen) atoms. The van der Waals surface area contributed by atoms with Crippen LogP contribution in [0.5, 0.6) is 0 Å². The van der Waals surface area contributed by atoms with Crippen molar-refractivity contribution < 1.29 is 13.2 Å². The number of hydrogen-bond acceptors (Lipinski definition) is 4. The fourth-order valence-corrected chi connectivity index (χ4v) is 5.12. The van der Waals surface area contributed by atoms with Crippen molar-refractivity contribution in [2.45, 2.75) is 18.4 Å². The molecule has 2 aromatic carbocycles. The minimum atomic E-state index is -3.67. The van der Waals surface area contributed by atoms with Gasteiger partial charge in [0.2, 0.25) is 0 Å². The lowest BCUT2D eigenvalue weighted by molar-refractivity contribution is 0.0764. The summed E-state index contributed by atoms with van der Waals surface area (Å²) in [6.45, 7) is 3.29. The highest BCUT2D eigenvalue weighted by Crippen LogP contribution is 2.20. The summed E-state index contributed by atoms with van der Waals surface area (Å²) in [6, 6.07) is 13.6. The van der Waals surface area contributed by atoms with E-state index in [9.17, 15) is 13.2 Å². The largest absolute Gasteiger partial charge is 0.337 e. The Morgan fingerprint density at radius 3 is 2.48 bits per heavy atom. The number of carbonyl (C=O) groups excluding carboxylic acids is 1. The summed E-state index contributed by atoms with van der Waals surface area (Å²) < 4.78 is 29.0. The van der Waals surface area contributed by atoms with Gasteiger partial charge in [-0.3, -0.25) is 4.79 Å². The molecule has 0 aliphatic carbocycles. The average Bonchev–Trinajstić information content (AvgIpc) is 2.93. The Kier molecular flexibility index (Phi) is 5.14. The minimum absolute atomic E-state index is 0.0619. The van der Waals surface area contributed by atoms with E-state index in [-0.39, 0.29) is 17.5 Å². The molecular weight excluding hydrogens is 388 g/mol. The van der Waals surface area contributed by atoms with Crippen LogP contribution in [0.4, 0.5) is 0 Å². The highest BCUT2D eigenvalue weighted by Gasteiger charge is 2.30. The number of sulfonamides is 1. The second-order valence-corrected chi connectivity index (χ2v) is 9.23. The first-order valence-corrected chi connectivity index (χ1v) is 11.1. The molecule has 4 rings (SSSR count). The molecule has 1 amide bonds. The van der Waals surface area contributed by atoms with Gasteiger partial charge in [-0.25, -0.2) is 13.4 Å². The van der Waals surface area contributed by atoms with E-state index < -0.39 is 10.0 Å². The van der Waals surface area contributed by atoms with Crippen LogP contribution < -0.4 is 0 Å². The van der Waals surface area contributed by atoms with Crippen LogP contribution in [-0.4, -0.2) is 59.3 Å². The third-order valence-electron chi connectivity index (χ3n) is 5.43. The van der Waals surface area contributed by atoms with Gasteiger partial charge in [-0.1, -0.05) is 30.3 Å². The zero-order valence-electron chi connectivity index (χ0n) is 16.6. The molecular formula is C21H24N4O3S. The van der Waals surface area contributed by atoms with Crippen molar-refractivity contribution in [1.29, 1.82) is 0 Å². The van der Waals surface area contributed by atoms with Crippen molar-refractivity contribution >= 4 is 26.7 Å². The third kappa shape index (κ3) is 3.77. The molecule has 7 nitrogen and oxygen atoms in total. The van der Waals surface area contributed by atoms with E-state index in [0.29, 0.717) is 37.4 Å². The molecule has 0 N–H and O–H groups in total. The number of aryl methyl sites for hydroxylation is 2. The van der Waals surface area contributed by atoms with Crippen molar-refractivity contribution in [3.05, 3.63) is 60.0 Å². The van der Waals surface area contributed by atoms with E-state index >= 15 is 0 Å². The second-order valence-electron chi connectivity index (χ2n) is 7.35. The van der Waals surface area contributed by atoms with Crippen molar-refractivity contribution in [3.8, 4) is 0 Å². The highest BCUT2D eigenvalue weighted by molar-refractivity contribution is 7.89. The molecule has 1 aliphatic rings. The van der Waals surface area contributed by atoms with Gasteiger partial charge in [-0.05, 0) is 36.2 Å². The van der Waals surface area contributed by atoms with E-state index in [4.69, 9.17) is 0 Å². The predicted octanol–water partition coefficient (Wildman–Crippen LogP) is 2.42. The topological polar surface area (TPSA) is 75.5 Å². The maximum atomic E-state index is 13.0. The summed E-state index contributed by atoms with van der Waals surface area (Å²) in [4.78, 5) is 18.9. The second kappa shape index (κ2) is 7.61. The first-order valence-electron chi connectivity index (χ1n) is 9.64. The van der Waals surface area contributed by atoms with Gasteiger partial charge in [0.1, 0.15) is 5.82 Å². The summed E-state index contributed by atoms with van der Waals surface area (Å²) in [5.41, 5.74) is 0.625.